The first-order valence-electron chi connectivity index (χ1n) is 5.77. The molecule has 2 aromatic rings. The average Bonchev–Trinajstić information content (AvgIpc) is 2.37. The van der Waals surface area contributed by atoms with E-state index < -0.39 is 0 Å². The van der Waals surface area contributed by atoms with Gasteiger partial charge in [0.1, 0.15) is 0 Å². The van der Waals surface area contributed by atoms with Crippen LogP contribution < -0.4 is 11.1 Å². The molecule has 6 heteroatoms. The molecular weight excluding hydrogens is 315 g/mol. The summed E-state index contributed by atoms with van der Waals surface area (Å²) in [7, 11) is 0. The van der Waals surface area contributed by atoms with Crippen LogP contribution in [0.15, 0.2) is 47.4 Å². The third-order valence-corrected chi connectivity index (χ3v) is 3.84. The lowest BCUT2D eigenvalue weighted by atomic mass is 10.3. The van der Waals surface area contributed by atoms with E-state index in [0.29, 0.717) is 27.2 Å². The summed E-state index contributed by atoms with van der Waals surface area (Å²) in [4.78, 5) is 12.8. The van der Waals surface area contributed by atoms with Crippen LogP contribution in [0.5, 0.6) is 0 Å². The summed E-state index contributed by atoms with van der Waals surface area (Å²) >= 11 is 13.2. The molecule has 0 aliphatic rings. The molecule has 0 saturated heterocycles. The predicted molar refractivity (Wildman–Crippen MR) is 86.7 cm³/mol. The molecule has 0 atom stereocenters. The Bertz CT molecular complexity index is 597. The SMILES string of the molecule is Nc1ccc(SCC(=O)Nc2cc(Cl)cc(Cl)c2)cc1. The van der Waals surface area contributed by atoms with Crippen LogP contribution in [0.3, 0.4) is 0 Å². The number of carbonyl (C=O) groups is 1. The Morgan fingerprint density at radius 2 is 1.70 bits per heavy atom. The van der Waals surface area contributed by atoms with Crippen molar-refractivity contribution in [2.75, 3.05) is 16.8 Å². The van der Waals surface area contributed by atoms with Crippen molar-refractivity contribution in [3.05, 3.63) is 52.5 Å². The van der Waals surface area contributed by atoms with Crippen LogP contribution >= 0.6 is 35.0 Å². The highest BCUT2D eigenvalue weighted by Crippen LogP contribution is 2.23. The first-order chi connectivity index (χ1) is 9.52. The number of amides is 1. The highest BCUT2D eigenvalue weighted by molar-refractivity contribution is 8.00. The number of halogens is 2. The van der Waals surface area contributed by atoms with Crippen LogP contribution in [0.25, 0.3) is 0 Å². The molecule has 1 amide bonds. The van der Waals surface area contributed by atoms with Gasteiger partial charge in [-0.25, -0.2) is 0 Å². The summed E-state index contributed by atoms with van der Waals surface area (Å²) < 4.78 is 0. The maximum atomic E-state index is 11.8. The van der Waals surface area contributed by atoms with Gasteiger partial charge in [-0.15, -0.1) is 11.8 Å². The topological polar surface area (TPSA) is 55.1 Å². The van der Waals surface area contributed by atoms with Gasteiger partial charge in [-0.05, 0) is 42.5 Å². The van der Waals surface area contributed by atoms with E-state index in [1.165, 1.54) is 11.8 Å². The number of hydrogen-bond acceptors (Lipinski definition) is 3. The van der Waals surface area contributed by atoms with Crippen molar-refractivity contribution >= 4 is 52.2 Å². The number of carbonyl (C=O) groups excluding carboxylic acids is 1. The Hall–Kier alpha value is -1.36. The molecule has 0 spiro atoms. The predicted octanol–water partition coefficient (Wildman–Crippen LogP) is 4.31. The highest BCUT2D eigenvalue weighted by atomic mass is 35.5. The molecule has 0 fully saturated rings. The van der Waals surface area contributed by atoms with E-state index in [1.54, 1.807) is 30.3 Å². The minimum atomic E-state index is -0.120. The second kappa shape index (κ2) is 6.88. The number of thioether (sulfide) groups is 1. The standard InChI is InChI=1S/C14H12Cl2N2OS/c15-9-5-10(16)7-12(6-9)18-14(19)8-20-13-3-1-11(17)2-4-13/h1-7H,8,17H2,(H,18,19). The van der Waals surface area contributed by atoms with Crippen LogP contribution in [-0.2, 0) is 4.79 Å². The van der Waals surface area contributed by atoms with Crippen molar-refractivity contribution in [3.63, 3.8) is 0 Å². The van der Waals surface area contributed by atoms with Gasteiger partial charge in [-0.2, -0.15) is 0 Å². The number of benzene rings is 2. The Kier molecular flexibility index (Phi) is 5.17. The Morgan fingerprint density at radius 1 is 1.10 bits per heavy atom. The second-order valence-corrected chi connectivity index (χ2v) is 5.99. The van der Waals surface area contributed by atoms with Crippen LogP contribution in [0.2, 0.25) is 10.0 Å². The van der Waals surface area contributed by atoms with Gasteiger partial charge in [0.05, 0.1) is 5.75 Å². The van der Waals surface area contributed by atoms with Gasteiger partial charge < -0.3 is 11.1 Å². The van der Waals surface area contributed by atoms with E-state index in [4.69, 9.17) is 28.9 Å². The Morgan fingerprint density at radius 3 is 2.30 bits per heavy atom. The molecule has 0 bridgehead atoms. The third-order valence-electron chi connectivity index (χ3n) is 2.40. The molecule has 104 valence electrons. The lowest BCUT2D eigenvalue weighted by molar-refractivity contribution is -0.113. The van der Waals surface area contributed by atoms with Crippen molar-refractivity contribution in [1.29, 1.82) is 0 Å². The van der Waals surface area contributed by atoms with Gasteiger partial charge in [0.2, 0.25) is 5.91 Å². The zero-order chi connectivity index (χ0) is 14.5. The molecule has 0 heterocycles. The largest absolute Gasteiger partial charge is 0.399 e. The van der Waals surface area contributed by atoms with Crippen molar-refractivity contribution in [2.45, 2.75) is 4.90 Å². The molecule has 20 heavy (non-hydrogen) atoms. The van der Waals surface area contributed by atoms with E-state index in [-0.39, 0.29) is 5.91 Å². The van der Waals surface area contributed by atoms with Gasteiger partial charge in [-0.3, -0.25) is 4.79 Å². The van der Waals surface area contributed by atoms with E-state index in [2.05, 4.69) is 5.32 Å². The number of rotatable bonds is 4. The molecule has 2 rings (SSSR count). The number of nitrogens with two attached hydrogens (primary N) is 1. The minimum absolute atomic E-state index is 0.120. The molecule has 3 nitrogen and oxygen atoms in total. The normalized spacial score (nSPS) is 10.3. The summed E-state index contributed by atoms with van der Waals surface area (Å²) in [5, 5.41) is 3.72. The number of anilines is 2. The fourth-order valence-electron chi connectivity index (χ4n) is 1.54. The van der Waals surface area contributed by atoms with Crippen LogP contribution in [0.4, 0.5) is 11.4 Å². The molecule has 0 saturated carbocycles. The van der Waals surface area contributed by atoms with Gasteiger partial charge in [0.15, 0.2) is 0 Å². The van der Waals surface area contributed by atoms with Gasteiger partial charge >= 0.3 is 0 Å². The Labute approximate surface area is 131 Å². The third kappa shape index (κ3) is 4.63. The first-order valence-corrected chi connectivity index (χ1v) is 7.51. The molecule has 0 aromatic heterocycles. The molecule has 0 aliphatic carbocycles. The zero-order valence-corrected chi connectivity index (χ0v) is 12.7. The minimum Gasteiger partial charge on any atom is -0.399 e. The number of nitrogens with one attached hydrogen (secondary N) is 1. The van der Waals surface area contributed by atoms with E-state index in [9.17, 15) is 4.79 Å². The lowest BCUT2D eigenvalue weighted by Gasteiger charge is -2.06. The lowest BCUT2D eigenvalue weighted by Crippen LogP contribution is -2.13. The Balaban J connectivity index is 1.90. The maximum Gasteiger partial charge on any atom is 0.234 e. The zero-order valence-electron chi connectivity index (χ0n) is 10.4. The average molecular weight is 327 g/mol. The first kappa shape index (κ1) is 15.0. The molecule has 0 unspecified atom stereocenters. The van der Waals surface area contributed by atoms with E-state index in [0.717, 1.165) is 4.90 Å². The monoisotopic (exact) mass is 326 g/mol. The van der Waals surface area contributed by atoms with Gasteiger partial charge in [0.25, 0.3) is 0 Å². The van der Waals surface area contributed by atoms with Crippen LogP contribution in [-0.4, -0.2) is 11.7 Å². The number of hydrogen-bond donors (Lipinski definition) is 2. The van der Waals surface area contributed by atoms with Crippen molar-refractivity contribution < 1.29 is 4.79 Å². The van der Waals surface area contributed by atoms with E-state index >= 15 is 0 Å². The molecular formula is C14H12Cl2N2OS. The van der Waals surface area contributed by atoms with Crippen molar-refractivity contribution in [3.8, 4) is 0 Å². The summed E-state index contributed by atoms with van der Waals surface area (Å²) in [6, 6.07) is 12.3. The van der Waals surface area contributed by atoms with Gasteiger partial charge in [-0.1, -0.05) is 23.2 Å². The quantitative estimate of drug-likeness (QED) is 0.650. The summed E-state index contributed by atoms with van der Waals surface area (Å²) in [6.45, 7) is 0. The molecule has 2 aromatic carbocycles. The number of nitrogen functional groups attached to an aromatic ring is 1. The molecule has 0 aliphatic heterocycles. The van der Waals surface area contributed by atoms with Crippen LogP contribution in [0, 0.1) is 0 Å². The fourth-order valence-corrected chi connectivity index (χ4v) is 2.76. The van der Waals surface area contributed by atoms with Crippen LogP contribution in [0.1, 0.15) is 0 Å². The molecule has 3 N–H and O–H groups in total. The molecule has 0 radical (unpaired) electrons. The summed E-state index contributed by atoms with van der Waals surface area (Å²) in [5.41, 5.74) is 6.89. The van der Waals surface area contributed by atoms with E-state index in [1.807, 2.05) is 12.1 Å². The second-order valence-electron chi connectivity index (χ2n) is 4.06. The fraction of sp³-hybridized carbons (Fsp3) is 0.0714. The van der Waals surface area contributed by atoms with Gasteiger partial charge in [0, 0.05) is 26.3 Å². The van der Waals surface area contributed by atoms with Crippen molar-refractivity contribution in [2.24, 2.45) is 0 Å². The highest BCUT2D eigenvalue weighted by Gasteiger charge is 2.05. The van der Waals surface area contributed by atoms with Crippen molar-refractivity contribution in [1.82, 2.24) is 0 Å². The summed E-state index contributed by atoms with van der Waals surface area (Å²) in [5.74, 6) is 0.179. The smallest absolute Gasteiger partial charge is 0.234 e. The maximum absolute atomic E-state index is 11.8. The summed E-state index contributed by atoms with van der Waals surface area (Å²) in [6.07, 6.45) is 0.